The summed E-state index contributed by atoms with van der Waals surface area (Å²) in [6.07, 6.45) is -0.620. The first-order valence-corrected chi connectivity index (χ1v) is 6.04. The van der Waals surface area contributed by atoms with Gasteiger partial charge in [0, 0.05) is 6.04 Å². The van der Waals surface area contributed by atoms with E-state index < -0.39 is 23.5 Å². The van der Waals surface area contributed by atoms with Gasteiger partial charge in [-0.25, -0.2) is 4.79 Å². The van der Waals surface area contributed by atoms with E-state index in [0.717, 1.165) is 5.56 Å². The highest BCUT2D eigenvalue weighted by molar-refractivity contribution is 5.76. The molecule has 0 aliphatic rings. The highest BCUT2D eigenvalue weighted by Gasteiger charge is 2.35. The van der Waals surface area contributed by atoms with Crippen LogP contribution in [0.25, 0.3) is 0 Å². The second-order valence-electron chi connectivity index (χ2n) is 4.95. The Bertz CT molecular complexity index is 442. The van der Waals surface area contributed by atoms with E-state index in [4.69, 9.17) is 9.84 Å². The van der Waals surface area contributed by atoms with Crippen LogP contribution in [0.3, 0.4) is 0 Å². The minimum atomic E-state index is -1.05. The third-order valence-corrected chi connectivity index (χ3v) is 3.18. The molecule has 0 fully saturated rings. The molecule has 5 heteroatoms. The summed E-state index contributed by atoms with van der Waals surface area (Å²) >= 11 is 0. The fourth-order valence-electron chi connectivity index (χ4n) is 1.31. The summed E-state index contributed by atoms with van der Waals surface area (Å²) in [6, 6.07) is 8.74. The number of carboxylic acid groups (broad SMARTS) is 1. The zero-order chi connectivity index (χ0) is 14.5. The predicted molar refractivity (Wildman–Crippen MR) is 70.6 cm³/mol. The van der Waals surface area contributed by atoms with Crippen molar-refractivity contribution in [3.8, 4) is 0 Å². The fourth-order valence-corrected chi connectivity index (χ4v) is 1.31. The largest absolute Gasteiger partial charge is 0.481 e. The normalized spacial score (nSPS) is 12.6. The molecule has 0 saturated carbocycles. The van der Waals surface area contributed by atoms with Gasteiger partial charge in [-0.3, -0.25) is 4.79 Å². The van der Waals surface area contributed by atoms with Crippen LogP contribution < -0.4 is 5.32 Å². The second kappa shape index (κ2) is 6.22. The number of nitrogens with one attached hydrogen (secondary N) is 1. The van der Waals surface area contributed by atoms with Crippen molar-refractivity contribution in [1.29, 1.82) is 0 Å². The minimum Gasteiger partial charge on any atom is -0.481 e. The van der Waals surface area contributed by atoms with Crippen molar-refractivity contribution in [2.24, 2.45) is 5.41 Å². The molecule has 0 spiro atoms. The number of hydrogen-bond acceptors (Lipinski definition) is 3. The van der Waals surface area contributed by atoms with Gasteiger partial charge in [0.05, 0.1) is 5.41 Å². The lowest BCUT2D eigenvalue weighted by atomic mass is 9.86. The molecule has 1 atom stereocenters. The van der Waals surface area contributed by atoms with Gasteiger partial charge in [0.15, 0.2) is 0 Å². The third-order valence-electron chi connectivity index (χ3n) is 3.18. The molecule has 1 unspecified atom stereocenters. The Labute approximate surface area is 112 Å². The Balaban J connectivity index is 2.46. The lowest BCUT2D eigenvalue weighted by Gasteiger charge is -2.27. The highest BCUT2D eigenvalue weighted by atomic mass is 16.5. The average molecular weight is 265 g/mol. The topological polar surface area (TPSA) is 75.6 Å². The number of rotatable bonds is 5. The number of alkyl carbamates (subject to hydrolysis) is 1. The maximum Gasteiger partial charge on any atom is 0.407 e. The van der Waals surface area contributed by atoms with Crippen LogP contribution in [0.5, 0.6) is 0 Å². The number of aliphatic carboxylic acids is 1. The third kappa shape index (κ3) is 4.28. The van der Waals surface area contributed by atoms with Crippen LogP contribution in [-0.4, -0.2) is 23.2 Å². The van der Waals surface area contributed by atoms with Crippen LogP contribution in [0, 0.1) is 5.41 Å². The summed E-state index contributed by atoms with van der Waals surface area (Å²) in [5.74, 6) is -0.969. The van der Waals surface area contributed by atoms with Crippen LogP contribution in [0.15, 0.2) is 30.3 Å². The van der Waals surface area contributed by atoms with E-state index in [1.54, 1.807) is 20.8 Å². The van der Waals surface area contributed by atoms with Gasteiger partial charge < -0.3 is 15.2 Å². The van der Waals surface area contributed by atoms with Crippen molar-refractivity contribution in [2.75, 3.05) is 0 Å². The maximum absolute atomic E-state index is 11.6. The lowest BCUT2D eigenvalue weighted by molar-refractivity contribution is -0.148. The van der Waals surface area contributed by atoms with Crippen molar-refractivity contribution < 1.29 is 19.4 Å². The first-order valence-electron chi connectivity index (χ1n) is 6.04. The zero-order valence-electron chi connectivity index (χ0n) is 11.3. The summed E-state index contributed by atoms with van der Waals surface area (Å²) in [5, 5.41) is 11.6. The molecule has 5 nitrogen and oxygen atoms in total. The minimum absolute atomic E-state index is 0.160. The number of benzene rings is 1. The highest BCUT2D eigenvalue weighted by Crippen LogP contribution is 2.20. The fraction of sp³-hybridized carbons (Fsp3) is 0.429. The molecular formula is C14H19NO4. The first kappa shape index (κ1) is 15.0. The van der Waals surface area contributed by atoms with Crippen molar-refractivity contribution in [3.05, 3.63) is 35.9 Å². The lowest BCUT2D eigenvalue weighted by Crippen LogP contribution is -2.47. The SMILES string of the molecule is CC(NC(=O)OCc1ccccc1)C(C)(C)C(=O)O. The van der Waals surface area contributed by atoms with E-state index in [1.165, 1.54) is 0 Å². The van der Waals surface area contributed by atoms with Gasteiger partial charge in [-0.2, -0.15) is 0 Å². The number of carboxylic acids is 1. The number of carbonyl (C=O) groups excluding carboxylic acids is 1. The second-order valence-corrected chi connectivity index (χ2v) is 4.95. The molecular weight excluding hydrogens is 246 g/mol. The molecule has 1 amide bonds. The summed E-state index contributed by atoms with van der Waals surface area (Å²) in [5.41, 5.74) is -0.172. The van der Waals surface area contributed by atoms with Crippen molar-refractivity contribution >= 4 is 12.1 Å². The molecule has 19 heavy (non-hydrogen) atoms. The quantitative estimate of drug-likeness (QED) is 0.857. The van der Waals surface area contributed by atoms with Gasteiger partial charge in [-0.1, -0.05) is 30.3 Å². The average Bonchev–Trinajstić information content (AvgIpc) is 2.37. The molecule has 0 aromatic heterocycles. The van der Waals surface area contributed by atoms with Crippen molar-refractivity contribution in [3.63, 3.8) is 0 Å². The van der Waals surface area contributed by atoms with Gasteiger partial charge in [0.25, 0.3) is 0 Å². The molecule has 0 aliphatic heterocycles. The summed E-state index contributed by atoms with van der Waals surface area (Å²) in [4.78, 5) is 22.6. The van der Waals surface area contributed by atoms with Gasteiger partial charge in [0.1, 0.15) is 6.61 Å². The van der Waals surface area contributed by atoms with Crippen LogP contribution in [0.1, 0.15) is 26.3 Å². The molecule has 0 aliphatic carbocycles. The molecule has 104 valence electrons. The zero-order valence-corrected chi connectivity index (χ0v) is 11.3. The molecule has 0 heterocycles. The number of carbonyl (C=O) groups is 2. The Morgan fingerprint density at radius 3 is 2.42 bits per heavy atom. The van der Waals surface area contributed by atoms with Crippen LogP contribution in [-0.2, 0) is 16.1 Å². The molecule has 0 radical (unpaired) electrons. The molecule has 2 N–H and O–H groups in total. The maximum atomic E-state index is 11.6. The Kier molecular flexibility index (Phi) is 4.92. The monoisotopic (exact) mass is 265 g/mol. The van der Waals surface area contributed by atoms with Gasteiger partial charge >= 0.3 is 12.1 Å². The molecule has 1 aromatic rings. The number of ether oxygens (including phenoxy) is 1. The predicted octanol–water partition coefficient (Wildman–Crippen LogP) is 2.41. The Hall–Kier alpha value is -2.04. The van der Waals surface area contributed by atoms with E-state index in [-0.39, 0.29) is 6.61 Å². The Morgan fingerprint density at radius 1 is 1.32 bits per heavy atom. The van der Waals surface area contributed by atoms with E-state index in [1.807, 2.05) is 30.3 Å². The van der Waals surface area contributed by atoms with E-state index >= 15 is 0 Å². The van der Waals surface area contributed by atoms with E-state index in [9.17, 15) is 9.59 Å². The molecule has 0 saturated heterocycles. The van der Waals surface area contributed by atoms with Gasteiger partial charge in [-0.05, 0) is 26.3 Å². The first-order chi connectivity index (χ1) is 8.84. The van der Waals surface area contributed by atoms with Crippen LogP contribution in [0.2, 0.25) is 0 Å². The smallest absolute Gasteiger partial charge is 0.407 e. The van der Waals surface area contributed by atoms with Gasteiger partial charge in [0.2, 0.25) is 0 Å². The number of hydrogen-bond donors (Lipinski definition) is 2. The molecule has 0 bridgehead atoms. The van der Waals surface area contributed by atoms with Gasteiger partial charge in [-0.15, -0.1) is 0 Å². The standard InChI is InChI=1S/C14H19NO4/c1-10(14(2,3)12(16)17)15-13(18)19-9-11-7-5-4-6-8-11/h4-8,10H,9H2,1-3H3,(H,15,18)(H,16,17). The molecule has 1 rings (SSSR count). The summed E-state index contributed by atoms with van der Waals surface area (Å²) < 4.78 is 5.03. The summed E-state index contributed by atoms with van der Waals surface area (Å²) in [6.45, 7) is 4.90. The van der Waals surface area contributed by atoms with Crippen molar-refractivity contribution in [1.82, 2.24) is 5.32 Å². The van der Waals surface area contributed by atoms with Crippen LogP contribution in [0.4, 0.5) is 4.79 Å². The molecule has 1 aromatic carbocycles. The Morgan fingerprint density at radius 2 is 1.89 bits per heavy atom. The number of amides is 1. The van der Waals surface area contributed by atoms with E-state index in [0.29, 0.717) is 0 Å². The van der Waals surface area contributed by atoms with E-state index in [2.05, 4.69) is 5.32 Å². The van der Waals surface area contributed by atoms with Crippen molar-refractivity contribution in [2.45, 2.75) is 33.4 Å². The van der Waals surface area contributed by atoms with Crippen LogP contribution >= 0.6 is 0 Å². The summed E-state index contributed by atoms with van der Waals surface area (Å²) in [7, 11) is 0.